The normalized spacial score (nSPS) is 13.6. The maximum Gasteiger partial charge on any atom is 0.157 e. The van der Waals surface area contributed by atoms with Crippen LogP contribution in [0, 0.1) is 0 Å². The summed E-state index contributed by atoms with van der Waals surface area (Å²) in [5.74, 6) is 0.117. The second kappa shape index (κ2) is 6.01. The van der Waals surface area contributed by atoms with E-state index in [0.29, 0.717) is 19.4 Å². The predicted octanol–water partition coefficient (Wildman–Crippen LogP) is 1.73. The maximum atomic E-state index is 12.1. The lowest BCUT2D eigenvalue weighted by Gasteiger charge is -2.14. The third-order valence-corrected chi connectivity index (χ3v) is 4.98. The number of sulfone groups is 1. The molecule has 0 saturated carbocycles. The van der Waals surface area contributed by atoms with Crippen molar-refractivity contribution in [1.82, 2.24) is 0 Å². The summed E-state index contributed by atoms with van der Waals surface area (Å²) in [6.07, 6.45) is 1.18. The lowest BCUT2D eigenvalue weighted by Crippen LogP contribution is -2.25. The van der Waals surface area contributed by atoms with E-state index in [2.05, 4.69) is 0 Å². The zero-order valence-electron chi connectivity index (χ0n) is 9.59. The van der Waals surface area contributed by atoms with E-state index in [1.807, 2.05) is 37.3 Å². The van der Waals surface area contributed by atoms with Gasteiger partial charge in [-0.3, -0.25) is 0 Å². The van der Waals surface area contributed by atoms with Gasteiger partial charge in [-0.15, -0.1) is 0 Å². The predicted molar refractivity (Wildman–Crippen MR) is 66.8 cm³/mol. The number of rotatable bonds is 6. The van der Waals surface area contributed by atoms with E-state index in [9.17, 15) is 8.42 Å². The molecule has 0 amide bonds. The van der Waals surface area contributed by atoms with Gasteiger partial charge >= 0.3 is 0 Å². The monoisotopic (exact) mass is 241 g/mol. The number of hydrogen-bond acceptors (Lipinski definition) is 3. The Morgan fingerprint density at radius 3 is 2.38 bits per heavy atom. The molecule has 3 nitrogen and oxygen atoms in total. The Balaban J connectivity index is 2.78. The van der Waals surface area contributed by atoms with Crippen molar-refractivity contribution in [3.8, 4) is 0 Å². The molecule has 16 heavy (non-hydrogen) atoms. The standard InChI is InChI=1S/C12H19NO2S/c1-2-12(8-9-13)16(14,15)10-11-6-4-3-5-7-11/h3-7,12H,2,8-10,13H2,1H3. The zero-order valence-corrected chi connectivity index (χ0v) is 10.4. The van der Waals surface area contributed by atoms with E-state index >= 15 is 0 Å². The van der Waals surface area contributed by atoms with Gasteiger partial charge in [0.25, 0.3) is 0 Å². The minimum absolute atomic E-state index is 0.117. The first-order valence-corrected chi connectivity index (χ1v) is 7.27. The van der Waals surface area contributed by atoms with Crippen molar-refractivity contribution >= 4 is 9.84 Å². The third kappa shape index (κ3) is 3.61. The smallest absolute Gasteiger partial charge is 0.157 e. The molecule has 90 valence electrons. The molecule has 0 aliphatic carbocycles. The van der Waals surface area contributed by atoms with Crippen molar-refractivity contribution in [2.75, 3.05) is 6.54 Å². The Morgan fingerprint density at radius 1 is 1.25 bits per heavy atom. The second-order valence-electron chi connectivity index (χ2n) is 3.90. The summed E-state index contributed by atoms with van der Waals surface area (Å²) >= 11 is 0. The third-order valence-electron chi connectivity index (χ3n) is 2.66. The Morgan fingerprint density at radius 2 is 1.88 bits per heavy atom. The van der Waals surface area contributed by atoms with Crippen molar-refractivity contribution in [1.29, 1.82) is 0 Å². The first-order valence-electron chi connectivity index (χ1n) is 5.55. The highest BCUT2D eigenvalue weighted by atomic mass is 32.2. The average Bonchev–Trinajstić information content (AvgIpc) is 2.26. The van der Waals surface area contributed by atoms with Gasteiger partial charge in [-0.25, -0.2) is 8.42 Å². The van der Waals surface area contributed by atoms with E-state index in [4.69, 9.17) is 5.73 Å². The summed E-state index contributed by atoms with van der Waals surface area (Å²) in [4.78, 5) is 0. The minimum Gasteiger partial charge on any atom is -0.330 e. The molecule has 1 unspecified atom stereocenters. The van der Waals surface area contributed by atoms with Gasteiger partial charge in [0, 0.05) is 0 Å². The molecule has 4 heteroatoms. The van der Waals surface area contributed by atoms with Crippen molar-refractivity contribution in [2.45, 2.75) is 30.8 Å². The topological polar surface area (TPSA) is 60.2 Å². The Kier molecular flexibility index (Phi) is 4.96. The first-order chi connectivity index (χ1) is 7.60. The van der Waals surface area contributed by atoms with Crippen molar-refractivity contribution in [3.63, 3.8) is 0 Å². The van der Waals surface area contributed by atoms with Gasteiger partial charge in [-0.2, -0.15) is 0 Å². The van der Waals surface area contributed by atoms with Crippen LogP contribution >= 0.6 is 0 Å². The molecule has 0 fully saturated rings. The van der Waals surface area contributed by atoms with E-state index in [0.717, 1.165) is 5.56 Å². The summed E-state index contributed by atoms with van der Waals surface area (Å²) in [7, 11) is -3.07. The van der Waals surface area contributed by atoms with Crippen LogP contribution in [0.3, 0.4) is 0 Å². The molecule has 0 bridgehead atoms. The molecule has 1 aromatic carbocycles. The van der Waals surface area contributed by atoms with E-state index in [-0.39, 0.29) is 11.0 Å². The fourth-order valence-electron chi connectivity index (χ4n) is 1.75. The highest BCUT2D eigenvalue weighted by molar-refractivity contribution is 7.91. The molecule has 0 aliphatic rings. The molecular weight excluding hydrogens is 222 g/mol. The highest BCUT2D eigenvalue weighted by Gasteiger charge is 2.23. The number of hydrogen-bond donors (Lipinski definition) is 1. The lowest BCUT2D eigenvalue weighted by atomic mass is 10.2. The second-order valence-corrected chi connectivity index (χ2v) is 6.18. The van der Waals surface area contributed by atoms with E-state index in [1.54, 1.807) is 0 Å². The van der Waals surface area contributed by atoms with Gasteiger partial charge < -0.3 is 5.73 Å². The molecule has 0 heterocycles. The van der Waals surface area contributed by atoms with Gasteiger partial charge in [0.2, 0.25) is 0 Å². The van der Waals surface area contributed by atoms with E-state index in [1.165, 1.54) is 0 Å². The van der Waals surface area contributed by atoms with Crippen LogP contribution < -0.4 is 5.73 Å². The summed E-state index contributed by atoms with van der Waals surface area (Å²) < 4.78 is 24.1. The van der Waals surface area contributed by atoms with Crippen molar-refractivity contribution < 1.29 is 8.42 Å². The summed E-state index contributed by atoms with van der Waals surface area (Å²) in [6.45, 7) is 2.31. The average molecular weight is 241 g/mol. The Labute approximate surface area is 97.6 Å². The summed E-state index contributed by atoms with van der Waals surface area (Å²) in [5, 5.41) is -0.308. The van der Waals surface area contributed by atoms with Crippen LogP contribution in [0.2, 0.25) is 0 Å². The van der Waals surface area contributed by atoms with Gasteiger partial charge in [-0.05, 0) is 24.9 Å². The lowest BCUT2D eigenvalue weighted by molar-refractivity contribution is 0.566. The van der Waals surface area contributed by atoms with Crippen LogP contribution in [0.25, 0.3) is 0 Å². The van der Waals surface area contributed by atoms with Crippen molar-refractivity contribution in [2.24, 2.45) is 5.73 Å². The molecule has 1 atom stereocenters. The summed E-state index contributed by atoms with van der Waals surface area (Å²) in [5.41, 5.74) is 6.28. The van der Waals surface area contributed by atoms with Crippen LogP contribution in [0.15, 0.2) is 30.3 Å². The molecule has 1 aromatic rings. The molecule has 1 rings (SSSR count). The van der Waals surface area contributed by atoms with Gasteiger partial charge in [0.05, 0.1) is 11.0 Å². The quantitative estimate of drug-likeness (QED) is 0.825. The largest absolute Gasteiger partial charge is 0.330 e. The molecule has 2 N–H and O–H groups in total. The molecular formula is C12H19NO2S. The van der Waals surface area contributed by atoms with Crippen LogP contribution in [-0.4, -0.2) is 20.2 Å². The Bertz CT molecular complexity index is 400. The van der Waals surface area contributed by atoms with E-state index < -0.39 is 9.84 Å². The Hall–Kier alpha value is -0.870. The minimum atomic E-state index is -3.07. The first kappa shape index (κ1) is 13.2. The molecule has 0 saturated heterocycles. The SMILES string of the molecule is CCC(CCN)S(=O)(=O)Cc1ccccc1. The van der Waals surface area contributed by atoms with Gasteiger partial charge in [0.1, 0.15) is 0 Å². The van der Waals surface area contributed by atoms with Gasteiger partial charge in [0.15, 0.2) is 9.84 Å². The number of benzene rings is 1. The van der Waals surface area contributed by atoms with Crippen LogP contribution in [0.1, 0.15) is 25.3 Å². The molecule has 0 aromatic heterocycles. The molecule has 0 spiro atoms. The van der Waals surface area contributed by atoms with Crippen LogP contribution in [0.4, 0.5) is 0 Å². The maximum absolute atomic E-state index is 12.1. The van der Waals surface area contributed by atoms with Crippen molar-refractivity contribution in [3.05, 3.63) is 35.9 Å². The fourth-order valence-corrected chi connectivity index (χ4v) is 3.64. The fraction of sp³-hybridized carbons (Fsp3) is 0.500. The summed E-state index contributed by atoms with van der Waals surface area (Å²) in [6, 6.07) is 9.27. The highest BCUT2D eigenvalue weighted by Crippen LogP contribution is 2.16. The van der Waals surface area contributed by atoms with Gasteiger partial charge in [-0.1, -0.05) is 37.3 Å². The van der Waals surface area contributed by atoms with Crippen LogP contribution in [0.5, 0.6) is 0 Å². The molecule has 0 aliphatic heterocycles. The number of nitrogens with two attached hydrogens (primary N) is 1. The zero-order chi connectivity index (χ0) is 12.0. The molecule has 0 radical (unpaired) electrons. The van der Waals surface area contributed by atoms with Crippen LogP contribution in [-0.2, 0) is 15.6 Å².